The zero-order chi connectivity index (χ0) is 16.7. The van der Waals surface area contributed by atoms with Gasteiger partial charge >= 0.3 is 0 Å². The van der Waals surface area contributed by atoms with Crippen LogP contribution in [-0.4, -0.2) is 21.4 Å². The summed E-state index contributed by atoms with van der Waals surface area (Å²) < 4.78 is 1.94. The third-order valence-electron chi connectivity index (χ3n) is 4.18. The summed E-state index contributed by atoms with van der Waals surface area (Å²) in [7, 11) is 0. The Kier molecular flexibility index (Phi) is 3.64. The van der Waals surface area contributed by atoms with E-state index in [1.807, 2.05) is 31.5 Å². The summed E-state index contributed by atoms with van der Waals surface area (Å²) in [5.74, 6) is -0.166. The van der Waals surface area contributed by atoms with Crippen molar-refractivity contribution in [3.05, 3.63) is 51.9 Å². The minimum atomic E-state index is -0.166. The largest absolute Gasteiger partial charge is 0.273 e. The molecule has 0 radical (unpaired) electrons. The van der Waals surface area contributed by atoms with Gasteiger partial charge in [0, 0.05) is 11.3 Å². The molecule has 1 amide bonds. The Balaban J connectivity index is 2.12. The van der Waals surface area contributed by atoms with E-state index in [4.69, 9.17) is 0 Å². The first-order valence-corrected chi connectivity index (χ1v) is 7.59. The van der Waals surface area contributed by atoms with Gasteiger partial charge in [0.25, 0.3) is 5.91 Å². The smallest absolute Gasteiger partial charge is 0.267 e. The molecule has 0 spiro atoms. The Morgan fingerprint density at radius 2 is 1.87 bits per heavy atom. The van der Waals surface area contributed by atoms with Gasteiger partial charge in [-0.25, -0.2) is 10.1 Å². The van der Waals surface area contributed by atoms with E-state index < -0.39 is 0 Å². The summed E-state index contributed by atoms with van der Waals surface area (Å²) >= 11 is 0. The van der Waals surface area contributed by atoms with Gasteiger partial charge in [0.05, 0.1) is 22.7 Å². The molecule has 1 N–H and O–H groups in total. The first-order valence-electron chi connectivity index (χ1n) is 7.59. The predicted octanol–water partition coefficient (Wildman–Crippen LogP) is 3.00. The van der Waals surface area contributed by atoms with Crippen molar-refractivity contribution in [2.75, 3.05) is 0 Å². The number of aryl methyl sites for hydroxylation is 3. The van der Waals surface area contributed by atoms with E-state index >= 15 is 0 Å². The number of rotatable bonds is 2. The molecule has 2 heterocycles. The third kappa shape index (κ3) is 2.59. The monoisotopic (exact) mass is 308 g/mol. The van der Waals surface area contributed by atoms with Crippen LogP contribution in [0.2, 0.25) is 0 Å². The molecule has 1 aliphatic heterocycles. The number of nitrogens with one attached hydrogen (secondary N) is 1. The molecule has 0 fully saturated rings. The van der Waals surface area contributed by atoms with Crippen molar-refractivity contribution in [2.45, 2.75) is 34.6 Å². The number of hydrogen-bond acceptors (Lipinski definition) is 3. The SMILES string of the molecule is CC1=NNC(=O)/C1=C\c1c(C)nn(-c2ccc(C)cc2C)c1C. The van der Waals surface area contributed by atoms with Gasteiger partial charge in [0.2, 0.25) is 0 Å². The van der Waals surface area contributed by atoms with Crippen molar-refractivity contribution in [2.24, 2.45) is 5.10 Å². The maximum atomic E-state index is 11.9. The zero-order valence-electron chi connectivity index (χ0n) is 14.1. The highest BCUT2D eigenvalue weighted by Crippen LogP contribution is 2.24. The minimum Gasteiger partial charge on any atom is -0.267 e. The maximum Gasteiger partial charge on any atom is 0.273 e. The van der Waals surface area contributed by atoms with Crippen molar-refractivity contribution in [3.63, 3.8) is 0 Å². The summed E-state index contributed by atoms with van der Waals surface area (Å²) in [4.78, 5) is 11.9. The predicted molar refractivity (Wildman–Crippen MR) is 91.7 cm³/mol. The minimum absolute atomic E-state index is 0.166. The van der Waals surface area contributed by atoms with Gasteiger partial charge in [0.15, 0.2) is 0 Å². The number of benzene rings is 1. The van der Waals surface area contributed by atoms with Crippen LogP contribution in [0.15, 0.2) is 28.9 Å². The second-order valence-corrected chi connectivity index (χ2v) is 5.98. The average molecular weight is 308 g/mol. The molecular weight excluding hydrogens is 288 g/mol. The van der Waals surface area contributed by atoms with Crippen LogP contribution in [0, 0.1) is 27.7 Å². The van der Waals surface area contributed by atoms with E-state index in [2.05, 4.69) is 47.7 Å². The Labute approximate surface area is 135 Å². The number of hydrazone groups is 1. The molecule has 5 heteroatoms. The van der Waals surface area contributed by atoms with Gasteiger partial charge in [-0.1, -0.05) is 17.7 Å². The van der Waals surface area contributed by atoms with Gasteiger partial charge in [-0.3, -0.25) is 4.79 Å². The van der Waals surface area contributed by atoms with Gasteiger partial charge in [0.1, 0.15) is 0 Å². The fraction of sp³-hybridized carbons (Fsp3) is 0.278. The van der Waals surface area contributed by atoms with Gasteiger partial charge in [-0.05, 0) is 52.3 Å². The summed E-state index contributed by atoms with van der Waals surface area (Å²) in [6.07, 6.45) is 1.87. The van der Waals surface area contributed by atoms with Crippen LogP contribution in [0.25, 0.3) is 11.8 Å². The van der Waals surface area contributed by atoms with Crippen LogP contribution in [0.5, 0.6) is 0 Å². The molecule has 5 nitrogen and oxygen atoms in total. The van der Waals surface area contributed by atoms with Crippen LogP contribution in [0.1, 0.15) is 35.0 Å². The lowest BCUT2D eigenvalue weighted by molar-refractivity contribution is -0.116. The lowest BCUT2D eigenvalue weighted by atomic mass is 10.1. The number of carbonyl (C=O) groups excluding carboxylic acids is 1. The molecule has 1 aliphatic rings. The van der Waals surface area contributed by atoms with Crippen molar-refractivity contribution in [1.29, 1.82) is 0 Å². The second-order valence-electron chi connectivity index (χ2n) is 5.98. The number of aromatic nitrogens is 2. The number of amides is 1. The molecule has 0 atom stereocenters. The van der Waals surface area contributed by atoms with Crippen LogP contribution in [-0.2, 0) is 4.79 Å². The van der Waals surface area contributed by atoms with Gasteiger partial charge in [-0.2, -0.15) is 10.2 Å². The lowest BCUT2D eigenvalue weighted by Gasteiger charge is -2.09. The number of nitrogens with zero attached hydrogens (tertiary/aromatic N) is 3. The van der Waals surface area contributed by atoms with E-state index in [1.165, 1.54) is 11.1 Å². The van der Waals surface area contributed by atoms with Crippen LogP contribution in [0.4, 0.5) is 0 Å². The molecule has 0 aliphatic carbocycles. The zero-order valence-corrected chi connectivity index (χ0v) is 14.1. The standard InChI is InChI=1S/C18H20N4O/c1-10-6-7-17(11(2)8-10)22-14(5)15(13(4)21-22)9-16-12(3)19-20-18(16)23/h6-9H,1-5H3,(H,20,23)/b16-9-. The highest BCUT2D eigenvalue weighted by atomic mass is 16.2. The first kappa shape index (κ1) is 15.2. The number of carbonyl (C=O) groups is 1. The molecule has 2 aromatic rings. The van der Waals surface area contributed by atoms with E-state index in [0.29, 0.717) is 11.3 Å². The summed E-state index contributed by atoms with van der Waals surface area (Å²) in [5.41, 5.74) is 10.1. The Morgan fingerprint density at radius 1 is 1.13 bits per heavy atom. The Hall–Kier alpha value is -2.69. The Morgan fingerprint density at radius 3 is 2.48 bits per heavy atom. The molecule has 3 rings (SSSR count). The molecule has 1 aromatic carbocycles. The molecule has 0 unspecified atom stereocenters. The summed E-state index contributed by atoms with van der Waals surface area (Å²) in [5, 5.41) is 8.63. The molecule has 23 heavy (non-hydrogen) atoms. The molecule has 0 saturated carbocycles. The molecule has 0 bridgehead atoms. The first-order chi connectivity index (χ1) is 10.9. The van der Waals surface area contributed by atoms with E-state index in [1.54, 1.807) is 0 Å². The van der Waals surface area contributed by atoms with E-state index in [-0.39, 0.29) is 5.91 Å². The maximum absolute atomic E-state index is 11.9. The van der Waals surface area contributed by atoms with Crippen LogP contribution < -0.4 is 5.43 Å². The van der Waals surface area contributed by atoms with Crippen molar-refractivity contribution in [3.8, 4) is 5.69 Å². The lowest BCUT2D eigenvalue weighted by Crippen LogP contribution is -2.12. The highest BCUT2D eigenvalue weighted by molar-refractivity contribution is 6.26. The van der Waals surface area contributed by atoms with Crippen molar-refractivity contribution in [1.82, 2.24) is 15.2 Å². The quantitative estimate of drug-likeness (QED) is 0.867. The van der Waals surface area contributed by atoms with Crippen LogP contribution >= 0.6 is 0 Å². The summed E-state index contributed by atoms with van der Waals surface area (Å²) in [6, 6.07) is 6.30. The third-order valence-corrected chi connectivity index (χ3v) is 4.18. The number of hydrogen-bond donors (Lipinski definition) is 1. The normalized spacial score (nSPS) is 16.0. The molecule has 0 saturated heterocycles. The second kappa shape index (κ2) is 5.50. The fourth-order valence-electron chi connectivity index (χ4n) is 2.87. The topological polar surface area (TPSA) is 59.3 Å². The van der Waals surface area contributed by atoms with E-state index in [9.17, 15) is 4.79 Å². The highest BCUT2D eigenvalue weighted by Gasteiger charge is 2.21. The fourth-order valence-corrected chi connectivity index (χ4v) is 2.87. The van der Waals surface area contributed by atoms with Crippen molar-refractivity contribution < 1.29 is 4.79 Å². The van der Waals surface area contributed by atoms with Crippen LogP contribution in [0.3, 0.4) is 0 Å². The Bertz CT molecular complexity index is 871. The van der Waals surface area contributed by atoms with Gasteiger partial charge in [-0.15, -0.1) is 0 Å². The molecular formula is C18H20N4O. The van der Waals surface area contributed by atoms with Crippen molar-refractivity contribution >= 4 is 17.7 Å². The van der Waals surface area contributed by atoms with Gasteiger partial charge < -0.3 is 0 Å². The molecule has 1 aromatic heterocycles. The molecule has 118 valence electrons. The average Bonchev–Trinajstić information content (AvgIpc) is 2.94. The van der Waals surface area contributed by atoms with E-state index in [0.717, 1.165) is 22.6 Å². The summed E-state index contributed by atoms with van der Waals surface area (Å²) in [6.45, 7) is 9.96.